The number of aliphatic hydroxyl groups excluding tert-OH is 3. The third-order valence-electron chi connectivity index (χ3n) is 9.61. The fraction of sp³-hybridized carbons (Fsp3) is 0.719. The minimum atomic E-state index is -1.96. The van der Waals surface area contributed by atoms with Crippen LogP contribution in [0.3, 0.4) is 0 Å². The first-order chi connectivity index (χ1) is 23.1. The minimum absolute atomic E-state index is 0.0496. The van der Waals surface area contributed by atoms with Gasteiger partial charge in [0.05, 0.1) is 61.1 Å². The highest BCUT2D eigenvalue weighted by atomic mass is 16.6. The molecule has 7 atom stereocenters. The Hall–Kier alpha value is -3.29. The Kier molecular flexibility index (Phi) is 11.2. The molecule has 0 bridgehead atoms. The number of rotatable bonds is 12. The molecule has 5 heterocycles. The van der Waals surface area contributed by atoms with Gasteiger partial charge >= 0.3 is 5.97 Å². The number of carboxylic acids is 1. The van der Waals surface area contributed by atoms with Crippen LogP contribution < -0.4 is 10.6 Å². The molecule has 0 aliphatic carbocycles. The molecule has 3 aliphatic heterocycles. The van der Waals surface area contributed by atoms with Gasteiger partial charge in [-0.2, -0.15) is 5.10 Å². The van der Waals surface area contributed by atoms with Gasteiger partial charge in [-0.3, -0.25) is 24.5 Å². The van der Waals surface area contributed by atoms with Crippen molar-refractivity contribution in [3.63, 3.8) is 0 Å². The lowest BCUT2D eigenvalue weighted by atomic mass is 9.81. The van der Waals surface area contributed by atoms with Crippen LogP contribution in [0.5, 0.6) is 0 Å². The van der Waals surface area contributed by atoms with Gasteiger partial charge in [0.15, 0.2) is 11.2 Å². The van der Waals surface area contributed by atoms with Crippen LogP contribution in [-0.4, -0.2) is 163 Å². The lowest BCUT2D eigenvalue weighted by Crippen LogP contribution is -2.68. The lowest BCUT2D eigenvalue weighted by Gasteiger charge is -2.49. The van der Waals surface area contributed by atoms with Gasteiger partial charge in [0.1, 0.15) is 12.2 Å². The molecule has 0 unspecified atom stereocenters. The van der Waals surface area contributed by atoms with Gasteiger partial charge in [-0.25, -0.2) is 9.78 Å². The van der Waals surface area contributed by atoms with Crippen LogP contribution >= 0.6 is 0 Å². The van der Waals surface area contributed by atoms with E-state index < -0.39 is 60.4 Å². The van der Waals surface area contributed by atoms with Crippen molar-refractivity contribution in [2.45, 2.75) is 94.2 Å². The number of morpholine rings is 1. The number of nitrogens with one attached hydrogen (secondary N) is 3. The van der Waals surface area contributed by atoms with Crippen molar-refractivity contribution in [1.82, 2.24) is 35.6 Å². The first-order valence-corrected chi connectivity index (χ1v) is 16.6. The summed E-state index contributed by atoms with van der Waals surface area (Å²) >= 11 is 0. The summed E-state index contributed by atoms with van der Waals surface area (Å²) in [6, 6.07) is 0.318. The van der Waals surface area contributed by atoms with Crippen LogP contribution in [0.15, 0.2) is 18.5 Å². The second-order valence-corrected chi connectivity index (χ2v) is 14.4. The Balaban J connectivity index is 1.28. The number of fused-ring (bicyclic) bond motifs is 1. The third-order valence-corrected chi connectivity index (χ3v) is 9.61. The first kappa shape index (κ1) is 37.0. The average Bonchev–Trinajstić information content (AvgIpc) is 3.69. The smallest absolute Gasteiger partial charge is 0.336 e. The van der Waals surface area contributed by atoms with E-state index in [0.29, 0.717) is 44.1 Å². The molecule has 3 saturated heterocycles. The summed E-state index contributed by atoms with van der Waals surface area (Å²) < 4.78 is 18.0. The van der Waals surface area contributed by atoms with E-state index in [9.17, 15) is 34.8 Å². The van der Waals surface area contributed by atoms with E-state index in [-0.39, 0.29) is 36.1 Å². The molecule has 3 aliphatic rings. The fourth-order valence-electron chi connectivity index (χ4n) is 6.91. The van der Waals surface area contributed by atoms with Crippen LogP contribution in [0.1, 0.15) is 57.3 Å². The summed E-state index contributed by atoms with van der Waals surface area (Å²) in [6.45, 7) is 10.5. The number of likely N-dealkylation sites (tertiary alicyclic amines) is 1. The van der Waals surface area contributed by atoms with Crippen molar-refractivity contribution < 1.29 is 49.0 Å². The Morgan fingerprint density at radius 3 is 2.71 bits per heavy atom. The summed E-state index contributed by atoms with van der Waals surface area (Å²) in [6.07, 6.45) is -3.22. The molecule has 1 spiro atoms. The van der Waals surface area contributed by atoms with Gasteiger partial charge < -0.3 is 45.3 Å². The maximum Gasteiger partial charge on any atom is 0.336 e. The Morgan fingerprint density at radius 1 is 1.22 bits per heavy atom. The number of aliphatic hydroxyl groups is 3. The van der Waals surface area contributed by atoms with E-state index in [4.69, 9.17) is 14.2 Å². The number of ether oxygens (including phenoxy) is 3. The Bertz CT molecular complexity index is 1490. The molecule has 2 amide bonds. The predicted octanol–water partition coefficient (Wildman–Crippen LogP) is -1.17. The molecule has 2 aromatic rings. The first-order valence-electron chi connectivity index (χ1n) is 16.6. The molecule has 49 heavy (non-hydrogen) atoms. The zero-order valence-corrected chi connectivity index (χ0v) is 28.4. The number of H-pyrrole nitrogens is 1. The number of carboxylic acid groups (broad SMARTS) is 1. The quantitative estimate of drug-likeness (QED) is 0.139. The summed E-state index contributed by atoms with van der Waals surface area (Å²) in [5, 5.41) is 56.3. The second-order valence-electron chi connectivity index (χ2n) is 14.4. The molecule has 7 N–H and O–H groups in total. The van der Waals surface area contributed by atoms with Crippen LogP contribution in [0.4, 0.5) is 0 Å². The molecule has 17 heteroatoms. The van der Waals surface area contributed by atoms with Gasteiger partial charge in [0.2, 0.25) is 5.91 Å². The number of aromatic nitrogens is 3. The maximum atomic E-state index is 12.9. The lowest BCUT2D eigenvalue weighted by molar-refractivity contribution is -0.231. The van der Waals surface area contributed by atoms with Crippen LogP contribution in [0.25, 0.3) is 11.0 Å². The van der Waals surface area contributed by atoms with Crippen LogP contribution in [0.2, 0.25) is 0 Å². The zero-order valence-electron chi connectivity index (χ0n) is 28.4. The predicted molar refractivity (Wildman–Crippen MR) is 173 cm³/mol. The SMILES string of the molecule is CC(=O)N[C@H]1[C@H]([C@H](O)[C@H](O)CNC(=O)c2cnc3[nH]ncc3c2)O[C@@](CCN2CCOC[C@@]23CCN(COC(C)(C)C)C3)(C(=O)O)C[C@@H]1O. The fourth-order valence-corrected chi connectivity index (χ4v) is 6.91. The van der Waals surface area contributed by atoms with Crippen molar-refractivity contribution >= 4 is 28.8 Å². The third kappa shape index (κ3) is 8.54. The average molecular weight is 692 g/mol. The van der Waals surface area contributed by atoms with E-state index in [1.807, 2.05) is 20.8 Å². The molecular weight excluding hydrogens is 642 g/mol. The van der Waals surface area contributed by atoms with Gasteiger partial charge in [0, 0.05) is 64.1 Å². The number of nitrogens with zero attached hydrogens (tertiary/aromatic N) is 4. The van der Waals surface area contributed by atoms with Crippen molar-refractivity contribution in [2.75, 3.05) is 52.7 Å². The van der Waals surface area contributed by atoms with Gasteiger partial charge in [-0.15, -0.1) is 0 Å². The number of carbonyl (C=O) groups excluding carboxylic acids is 2. The second kappa shape index (κ2) is 14.9. The summed E-state index contributed by atoms with van der Waals surface area (Å²) in [5.41, 5.74) is -1.94. The number of aromatic amines is 1. The van der Waals surface area contributed by atoms with Gasteiger partial charge in [-0.05, 0) is 33.3 Å². The Labute approximate surface area is 284 Å². The number of hydrogen-bond donors (Lipinski definition) is 7. The maximum absolute atomic E-state index is 12.9. The topological polar surface area (TPSA) is 232 Å². The molecule has 0 aromatic carbocycles. The standard InChI is InChI=1S/C32H49N7O10/c1-19(40)36-24-22(41)12-32(29(45)46,6-8-39-9-10-47-17-31(39)5-7-38(16-31)18-48-30(2,3)4)49-26(24)25(43)23(42)15-34-28(44)21-11-20-14-35-37-27(20)33-13-21/h11,13-14,22-26,41-43H,5-10,12,15-18H2,1-4H3,(H,34,44)(H,36,40)(H,45,46)(H,33,35,37)/t22-,23+,24+,25+,26+,31-,32+/m0/s1. The van der Waals surface area contributed by atoms with Gasteiger partial charge in [0.25, 0.3) is 5.91 Å². The van der Waals surface area contributed by atoms with Crippen LogP contribution in [0, 0.1) is 0 Å². The van der Waals surface area contributed by atoms with E-state index in [1.54, 1.807) is 6.07 Å². The molecule has 0 saturated carbocycles. The van der Waals surface area contributed by atoms with E-state index in [1.165, 1.54) is 19.3 Å². The molecule has 5 rings (SSSR count). The van der Waals surface area contributed by atoms with E-state index in [0.717, 1.165) is 13.0 Å². The number of pyridine rings is 1. The molecule has 272 valence electrons. The summed E-state index contributed by atoms with van der Waals surface area (Å²) in [5.74, 6) is -2.47. The van der Waals surface area contributed by atoms with Crippen molar-refractivity contribution in [3.8, 4) is 0 Å². The van der Waals surface area contributed by atoms with Gasteiger partial charge in [-0.1, -0.05) is 0 Å². The number of aliphatic carboxylic acids is 1. The number of hydrogen-bond acceptors (Lipinski definition) is 13. The zero-order chi connectivity index (χ0) is 35.6. The van der Waals surface area contributed by atoms with Crippen LogP contribution in [-0.2, 0) is 23.8 Å². The molecule has 0 radical (unpaired) electrons. The summed E-state index contributed by atoms with van der Waals surface area (Å²) in [7, 11) is 0. The molecule has 2 aromatic heterocycles. The van der Waals surface area contributed by atoms with Crippen molar-refractivity contribution in [3.05, 3.63) is 24.0 Å². The molecule has 3 fully saturated rings. The number of carbonyl (C=O) groups is 3. The highest BCUT2D eigenvalue weighted by Gasteiger charge is 2.55. The molecule has 17 nitrogen and oxygen atoms in total. The minimum Gasteiger partial charge on any atom is -0.479 e. The summed E-state index contributed by atoms with van der Waals surface area (Å²) in [4.78, 5) is 46.4. The van der Waals surface area contributed by atoms with E-state index in [2.05, 4.69) is 35.6 Å². The normalized spacial score (nSPS) is 29.6. The largest absolute Gasteiger partial charge is 0.479 e. The highest BCUT2D eigenvalue weighted by Crippen LogP contribution is 2.37. The van der Waals surface area contributed by atoms with Crippen molar-refractivity contribution in [2.24, 2.45) is 0 Å². The molecular formula is C32H49N7O10. The number of amides is 2. The highest BCUT2D eigenvalue weighted by molar-refractivity contribution is 5.96. The van der Waals surface area contributed by atoms with E-state index >= 15 is 0 Å². The van der Waals surface area contributed by atoms with Crippen molar-refractivity contribution in [1.29, 1.82) is 0 Å². The monoisotopic (exact) mass is 691 g/mol. The Morgan fingerprint density at radius 2 is 2.00 bits per heavy atom.